The number of hydrogen-bond donors (Lipinski definition) is 1. The first-order valence-corrected chi connectivity index (χ1v) is 5.96. The van der Waals surface area contributed by atoms with Crippen LogP contribution in [0.5, 0.6) is 5.75 Å². The van der Waals surface area contributed by atoms with Gasteiger partial charge in [0.2, 0.25) is 0 Å². The minimum Gasteiger partial charge on any atom is -0.495 e. The van der Waals surface area contributed by atoms with Crippen LogP contribution >= 0.6 is 0 Å². The second-order valence-corrected chi connectivity index (χ2v) is 3.97. The van der Waals surface area contributed by atoms with E-state index < -0.39 is 0 Å². The summed E-state index contributed by atoms with van der Waals surface area (Å²) in [5.41, 5.74) is 1.77. The number of ether oxygens (including phenoxy) is 1. The van der Waals surface area contributed by atoms with Crippen molar-refractivity contribution in [2.24, 2.45) is 5.90 Å². The van der Waals surface area contributed by atoms with E-state index in [1.165, 1.54) is 5.56 Å². The lowest BCUT2D eigenvalue weighted by atomic mass is 10.0. The van der Waals surface area contributed by atoms with Crippen LogP contribution in [0.4, 0.5) is 0 Å². The van der Waals surface area contributed by atoms with Crippen molar-refractivity contribution in [3.63, 3.8) is 0 Å². The Morgan fingerprint density at radius 1 is 1.21 bits per heavy atom. The third-order valence-corrected chi connectivity index (χ3v) is 2.60. The summed E-state index contributed by atoms with van der Waals surface area (Å²) in [6.07, 6.45) is 0. The van der Waals surface area contributed by atoms with Crippen LogP contribution in [0, 0.1) is 18.3 Å². The molecule has 0 radical (unpaired) electrons. The van der Waals surface area contributed by atoms with Crippen LogP contribution in [0.1, 0.15) is 18.1 Å². The van der Waals surface area contributed by atoms with Gasteiger partial charge >= 0.3 is 0 Å². The molecule has 2 N–H and O–H groups in total. The van der Waals surface area contributed by atoms with Gasteiger partial charge in [-0.3, -0.25) is 0 Å². The first-order chi connectivity index (χ1) is 9.15. The Morgan fingerprint density at radius 2 is 1.89 bits per heavy atom. The van der Waals surface area contributed by atoms with Crippen molar-refractivity contribution in [1.29, 1.82) is 5.26 Å². The second-order valence-electron chi connectivity index (χ2n) is 3.97. The summed E-state index contributed by atoms with van der Waals surface area (Å²) in [7, 11) is 1.58. The highest BCUT2D eigenvalue weighted by molar-refractivity contribution is 5.86. The summed E-state index contributed by atoms with van der Waals surface area (Å²) >= 11 is 0. The summed E-state index contributed by atoms with van der Waals surface area (Å²) in [6.45, 7) is 4.47. The highest BCUT2D eigenvalue weighted by Gasteiger charge is 2.04. The average molecular weight is 258 g/mol. The van der Waals surface area contributed by atoms with Gasteiger partial charge in [-0.15, -0.1) is 0 Å². The minimum absolute atomic E-state index is 0.579. The number of fused-ring (bicyclic) bond motifs is 1. The fourth-order valence-electron chi connectivity index (χ4n) is 1.65. The Kier molecular flexibility index (Phi) is 5.80. The van der Waals surface area contributed by atoms with Crippen LogP contribution in [0.2, 0.25) is 0 Å². The van der Waals surface area contributed by atoms with Crippen LogP contribution in [0.15, 0.2) is 30.3 Å². The van der Waals surface area contributed by atoms with Crippen molar-refractivity contribution in [3.05, 3.63) is 41.5 Å². The SMILES string of the molecule is CCON.COc1cc2ccc(C)cc2cc1C#N. The Hall–Kier alpha value is -2.09. The summed E-state index contributed by atoms with van der Waals surface area (Å²) in [5.74, 6) is 5.16. The lowest BCUT2D eigenvalue weighted by Gasteiger charge is -2.05. The Morgan fingerprint density at radius 3 is 2.42 bits per heavy atom. The molecule has 0 bridgehead atoms. The van der Waals surface area contributed by atoms with Crippen molar-refractivity contribution in [2.45, 2.75) is 13.8 Å². The van der Waals surface area contributed by atoms with Crippen LogP contribution in [0.25, 0.3) is 10.8 Å². The standard InChI is InChI=1S/C13H11NO.C2H7NO/c1-9-3-4-10-7-13(15-2)12(8-14)6-11(10)5-9;1-2-4-3/h3-7H,1-2H3;2-3H2,1H3. The molecule has 0 aliphatic rings. The molecule has 0 unspecified atom stereocenters. The van der Waals surface area contributed by atoms with Crippen molar-refractivity contribution in [1.82, 2.24) is 0 Å². The average Bonchev–Trinajstić information content (AvgIpc) is 2.45. The van der Waals surface area contributed by atoms with Gasteiger partial charge in [0, 0.05) is 0 Å². The van der Waals surface area contributed by atoms with Crippen molar-refractivity contribution in [3.8, 4) is 11.8 Å². The number of aryl methyl sites for hydroxylation is 1. The zero-order chi connectivity index (χ0) is 14.3. The first kappa shape index (κ1) is 15.0. The van der Waals surface area contributed by atoms with Gasteiger partial charge < -0.3 is 9.57 Å². The van der Waals surface area contributed by atoms with Gasteiger partial charge in [0.15, 0.2) is 0 Å². The fraction of sp³-hybridized carbons (Fsp3) is 0.267. The number of hydrogen-bond acceptors (Lipinski definition) is 4. The predicted molar refractivity (Wildman–Crippen MR) is 75.8 cm³/mol. The summed E-state index contributed by atoms with van der Waals surface area (Å²) in [5, 5.41) is 11.1. The normalized spacial score (nSPS) is 9.42. The molecule has 0 atom stereocenters. The first-order valence-electron chi connectivity index (χ1n) is 5.96. The van der Waals surface area contributed by atoms with Gasteiger partial charge in [-0.2, -0.15) is 5.26 Å². The van der Waals surface area contributed by atoms with E-state index in [4.69, 9.17) is 10.00 Å². The van der Waals surface area contributed by atoms with Crippen molar-refractivity contribution in [2.75, 3.05) is 13.7 Å². The van der Waals surface area contributed by atoms with Gasteiger partial charge in [0.25, 0.3) is 0 Å². The van der Waals surface area contributed by atoms with E-state index in [1.54, 1.807) is 7.11 Å². The Balaban J connectivity index is 0.000000399. The molecular formula is C15H18N2O2. The number of nitrogens with zero attached hydrogens (tertiary/aromatic N) is 1. The molecule has 0 aliphatic heterocycles. The third kappa shape index (κ3) is 3.95. The molecular weight excluding hydrogens is 240 g/mol. The zero-order valence-corrected chi connectivity index (χ0v) is 11.4. The van der Waals surface area contributed by atoms with E-state index in [0.29, 0.717) is 17.9 Å². The van der Waals surface area contributed by atoms with E-state index in [9.17, 15) is 0 Å². The van der Waals surface area contributed by atoms with Crippen LogP contribution in [-0.2, 0) is 4.84 Å². The molecule has 0 saturated heterocycles. The molecule has 100 valence electrons. The molecule has 0 heterocycles. The maximum absolute atomic E-state index is 8.95. The van der Waals surface area contributed by atoms with Crippen molar-refractivity contribution < 1.29 is 9.57 Å². The highest BCUT2D eigenvalue weighted by atomic mass is 16.6. The molecule has 2 rings (SSSR count). The molecule has 0 spiro atoms. The molecule has 19 heavy (non-hydrogen) atoms. The Bertz CT molecular complexity index is 586. The van der Waals surface area contributed by atoms with E-state index in [0.717, 1.165) is 10.8 Å². The molecule has 0 aliphatic carbocycles. The molecule has 0 saturated carbocycles. The summed E-state index contributed by atoms with van der Waals surface area (Å²) < 4.78 is 5.15. The predicted octanol–water partition coefficient (Wildman–Crippen LogP) is 2.93. The molecule has 0 aromatic heterocycles. The zero-order valence-electron chi connectivity index (χ0n) is 11.4. The number of methoxy groups -OCH3 is 1. The van der Waals surface area contributed by atoms with Gasteiger partial charge in [-0.1, -0.05) is 23.8 Å². The summed E-state index contributed by atoms with van der Waals surface area (Å²) in [4.78, 5) is 4.04. The van der Waals surface area contributed by atoms with Gasteiger partial charge in [0.05, 0.1) is 19.3 Å². The van der Waals surface area contributed by atoms with Gasteiger partial charge in [-0.05, 0) is 36.8 Å². The van der Waals surface area contributed by atoms with Crippen LogP contribution < -0.4 is 10.6 Å². The molecule has 4 heteroatoms. The van der Waals surface area contributed by atoms with Crippen LogP contribution in [0.3, 0.4) is 0 Å². The maximum Gasteiger partial charge on any atom is 0.137 e. The highest BCUT2D eigenvalue weighted by Crippen LogP contribution is 2.25. The monoisotopic (exact) mass is 258 g/mol. The maximum atomic E-state index is 8.95. The molecule has 2 aromatic rings. The van der Waals surface area contributed by atoms with E-state index in [-0.39, 0.29) is 0 Å². The molecule has 2 aromatic carbocycles. The molecule has 0 fully saturated rings. The van der Waals surface area contributed by atoms with Crippen molar-refractivity contribution >= 4 is 10.8 Å². The van der Waals surface area contributed by atoms with Gasteiger partial charge in [0.1, 0.15) is 11.8 Å². The number of rotatable bonds is 2. The molecule has 0 amide bonds. The number of nitrogens with two attached hydrogens (primary N) is 1. The number of benzene rings is 2. The number of nitriles is 1. The Labute approximate surface area is 113 Å². The second kappa shape index (κ2) is 7.37. The molecule has 4 nitrogen and oxygen atoms in total. The fourth-order valence-corrected chi connectivity index (χ4v) is 1.65. The van der Waals surface area contributed by atoms with E-state index in [1.807, 2.05) is 38.1 Å². The van der Waals surface area contributed by atoms with Crippen LogP contribution in [-0.4, -0.2) is 13.7 Å². The van der Waals surface area contributed by atoms with E-state index in [2.05, 4.69) is 22.9 Å². The summed E-state index contributed by atoms with van der Waals surface area (Å²) in [6, 6.07) is 12.0. The lowest BCUT2D eigenvalue weighted by molar-refractivity contribution is 0.152. The van der Waals surface area contributed by atoms with E-state index >= 15 is 0 Å². The largest absolute Gasteiger partial charge is 0.495 e. The topological polar surface area (TPSA) is 68.3 Å². The smallest absolute Gasteiger partial charge is 0.137 e. The lowest BCUT2D eigenvalue weighted by Crippen LogP contribution is -1.94. The third-order valence-electron chi connectivity index (χ3n) is 2.60. The minimum atomic E-state index is 0.579. The van der Waals surface area contributed by atoms with Gasteiger partial charge in [-0.25, -0.2) is 5.90 Å². The quantitative estimate of drug-likeness (QED) is 0.841.